The summed E-state index contributed by atoms with van der Waals surface area (Å²) in [7, 11) is 0. The Morgan fingerprint density at radius 1 is 1.00 bits per heavy atom. The largest absolute Gasteiger partial charge is 0.339 e. The molecular weight excluding hydrogens is 321 g/mol. The molecule has 3 amide bonds. The third-order valence-electron chi connectivity index (χ3n) is 4.17. The predicted molar refractivity (Wildman–Crippen MR) is 93.8 cm³/mol. The lowest BCUT2D eigenvalue weighted by atomic mass is 10.1. The van der Waals surface area contributed by atoms with E-state index < -0.39 is 11.8 Å². The zero-order valence-electron chi connectivity index (χ0n) is 13.8. The summed E-state index contributed by atoms with van der Waals surface area (Å²) in [5.41, 5.74) is 1.65. The Labute approximate surface area is 145 Å². The van der Waals surface area contributed by atoms with Crippen molar-refractivity contribution < 1.29 is 14.0 Å². The van der Waals surface area contributed by atoms with E-state index in [0.717, 1.165) is 31.5 Å². The van der Waals surface area contributed by atoms with Gasteiger partial charge in [-0.15, -0.1) is 0 Å². The SMILES string of the molecule is O=C(NCc1ccc(C(=O)N2CCCC2)cc1)Nc1ccccc1F. The maximum Gasteiger partial charge on any atom is 0.319 e. The molecule has 0 aliphatic carbocycles. The molecule has 3 rings (SSSR count). The molecule has 0 atom stereocenters. The quantitative estimate of drug-likeness (QED) is 0.895. The molecule has 2 aromatic rings. The van der Waals surface area contributed by atoms with Crippen molar-refractivity contribution in [2.24, 2.45) is 0 Å². The minimum Gasteiger partial charge on any atom is -0.339 e. The third kappa shape index (κ3) is 4.35. The van der Waals surface area contributed by atoms with Gasteiger partial charge in [0.25, 0.3) is 5.91 Å². The molecule has 5 nitrogen and oxygen atoms in total. The molecule has 0 unspecified atom stereocenters. The van der Waals surface area contributed by atoms with Gasteiger partial charge in [0, 0.05) is 25.2 Å². The molecule has 0 saturated carbocycles. The van der Waals surface area contributed by atoms with E-state index in [4.69, 9.17) is 0 Å². The van der Waals surface area contributed by atoms with Gasteiger partial charge in [0.1, 0.15) is 5.82 Å². The number of carbonyl (C=O) groups is 2. The second-order valence-electron chi connectivity index (χ2n) is 5.98. The van der Waals surface area contributed by atoms with Gasteiger partial charge in [-0.05, 0) is 42.7 Å². The van der Waals surface area contributed by atoms with Crippen LogP contribution in [0.3, 0.4) is 0 Å². The summed E-state index contributed by atoms with van der Waals surface area (Å²) in [4.78, 5) is 26.0. The van der Waals surface area contributed by atoms with Gasteiger partial charge in [0.05, 0.1) is 5.69 Å². The molecule has 1 saturated heterocycles. The molecular formula is C19H20FN3O2. The summed E-state index contributed by atoms with van der Waals surface area (Å²) in [5.74, 6) is -0.434. The lowest BCUT2D eigenvalue weighted by Crippen LogP contribution is -2.29. The minimum absolute atomic E-state index is 0.0503. The Morgan fingerprint density at radius 3 is 2.36 bits per heavy atom. The number of urea groups is 1. The summed E-state index contributed by atoms with van der Waals surface area (Å²) in [6, 6.07) is 12.7. The van der Waals surface area contributed by atoms with E-state index in [1.54, 1.807) is 24.3 Å². The molecule has 1 aliphatic heterocycles. The number of para-hydroxylation sites is 1. The Hall–Kier alpha value is -2.89. The topological polar surface area (TPSA) is 61.4 Å². The van der Waals surface area contributed by atoms with Crippen LogP contribution in [0.15, 0.2) is 48.5 Å². The number of nitrogens with one attached hydrogen (secondary N) is 2. The Balaban J connectivity index is 1.52. The number of benzene rings is 2. The van der Waals surface area contributed by atoms with E-state index in [2.05, 4.69) is 10.6 Å². The predicted octanol–water partition coefficient (Wildman–Crippen LogP) is 3.38. The van der Waals surface area contributed by atoms with Crippen molar-refractivity contribution in [1.82, 2.24) is 10.2 Å². The molecule has 6 heteroatoms. The molecule has 2 aromatic carbocycles. The highest BCUT2D eigenvalue weighted by Crippen LogP contribution is 2.14. The Morgan fingerprint density at radius 2 is 1.68 bits per heavy atom. The van der Waals surface area contributed by atoms with Crippen LogP contribution in [-0.2, 0) is 6.54 Å². The van der Waals surface area contributed by atoms with Crippen molar-refractivity contribution in [3.63, 3.8) is 0 Å². The van der Waals surface area contributed by atoms with E-state index in [1.807, 2.05) is 17.0 Å². The number of hydrogen-bond donors (Lipinski definition) is 2. The van der Waals surface area contributed by atoms with Crippen LogP contribution in [0.2, 0.25) is 0 Å². The molecule has 0 bridgehead atoms. The van der Waals surface area contributed by atoms with Gasteiger partial charge >= 0.3 is 6.03 Å². The number of likely N-dealkylation sites (tertiary alicyclic amines) is 1. The molecule has 0 spiro atoms. The Kier molecular flexibility index (Phi) is 5.28. The van der Waals surface area contributed by atoms with Gasteiger partial charge in [-0.25, -0.2) is 9.18 Å². The number of halogens is 1. The van der Waals surface area contributed by atoms with Crippen molar-refractivity contribution in [3.05, 3.63) is 65.5 Å². The molecule has 1 heterocycles. The zero-order valence-corrected chi connectivity index (χ0v) is 13.8. The van der Waals surface area contributed by atoms with Crippen molar-refractivity contribution >= 4 is 17.6 Å². The van der Waals surface area contributed by atoms with Crippen LogP contribution in [0.25, 0.3) is 0 Å². The lowest BCUT2D eigenvalue weighted by Gasteiger charge is -2.15. The molecule has 25 heavy (non-hydrogen) atoms. The fourth-order valence-corrected chi connectivity index (χ4v) is 2.78. The second-order valence-corrected chi connectivity index (χ2v) is 5.98. The van der Waals surface area contributed by atoms with Gasteiger partial charge in [-0.2, -0.15) is 0 Å². The van der Waals surface area contributed by atoms with Gasteiger partial charge in [-0.1, -0.05) is 24.3 Å². The number of anilines is 1. The summed E-state index contributed by atoms with van der Waals surface area (Å²) in [5, 5.41) is 5.13. The maximum atomic E-state index is 13.5. The van der Waals surface area contributed by atoms with Crippen molar-refractivity contribution in [2.75, 3.05) is 18.4 Å². The highest BCUT2D eigenvalue weighted by Gasteiger charge is 2.19. The van der Waals surface area contributed by atoms with E-state index in [9.17, 15) is 14.0 Å². The molecule has 2 N–H and O–H groups in total. The smallest absolute Gasteiger partial charge is 0.319 e. The molecule has 1 fully saturated rings. The van der Waals surface area contributed by atoms with E-state index in [-0.39, 0.29) is 11.6 Å². The fourth-order valence-electron chi connectivity index (χ4n) is 2.78. The standard InChI is InChI=1S/C19H20FN3O2/c20-16-5-1-2-6-17(16)22-19(25)21-13-14-7-9-15(10-8-14)18(24)23-11-3-4-12-23/h1-2,5-10H,3-4,11-13H2,(H2,21,22,25). The van der Waals surface area contributed by atoms with Crippen molar-refractivity contribution in [2.45, 2.75) is 19.4 Å². The van der Waals surface area contributed by atoms with Gasteiger partial charge in [0.15, 0.2) is 0 Å². The van der Waals surface area contributed by atoms with E-state index >= 15 is 0 Å². The molecule has 130 valence electrons. The van der Waals surface area contributed by atoms with Crippen LogP contribution in [0, 0.1) is 5.82 Å². The van der Waals surface area contributed by atoms with Crippen LogP contribution in [0.5, 0.6) is 0 Å². The van der Waals surface area contributed by atoms with Crippen molar-refractivity contribution in [1.29, 1.82) is 0 Å². The van der Waals surface area contributed by atoms with Crippen LogP contribution >= 0.6 is 0 Å². The van der Waals surface area contributed by atoms with Crippen LogP contribution in [0.4, 0.5) is 14.9 Å². The van der Waals surface area contributed by atoms with Gasteiger partial charge in [0.2, 0.25) is 0 Å². The van der Waals surface area contributed by atoms with Gasteiger partial charge in [-0.3, -0.25) is 4.79 Å². The monoisotopic (exact) mass is 341 g/mol. The number of amides is 3. The third-order valence-corrected chi connectivity index (χ3v) is 4.17. The molecule has 0 radical (unpaired) electrons. The summed E-state index contributed by atoms with van der Waals surface area (Å²) < 4.78 is 13.5. The average molecular weight is 341 g/mol. The number of rotatable bonds is 4. The van der Waals surface area contributed by atoms with Crippen LogP contribution in [-0.4, -0.2) is 29.9 Å². The molecule has 1 aliphatic rings. The fraction of sp³-hybridized carbons (Fsp3) is 0.263. The second kappa shape index (κ2) is 7.79. The first-order valence-electron chi connectivity index (χ1n) is 8.31. The maximum absolute atomic E-state index is 13.5. The van der Waals surface area contributed by atoms with E-state index in [1.165, 1.54) is 12.1 Å². The summed E-state index contributed by atoms with van der Waals surface area (Å²) >= 11 is 0. The first-order valence-corrected chi connectivity index (χ1v) is 8.31. The van der Waals surface area contributed by atoms with Gasteiger partial charge < -0.3 is 15.5 Å². The number of nitrogens with zero attached hydrogens (tertiary/aromatic N) is 1. The normalized spacial score (nSPS) is 13.6. The van der Waals surface area contributed by atoms with Crippen LogP contribution < -0.4 is 10.6 Å². The number of hydrogen-bond acceptors (Lipinski definition) is 2. The highest BCUT2D eigenvalue weighted by molar-refractivity contribution is 5.94. The lowest BCUT2D eigenvalue weighted by molar-refractivity contribution is 0.0793. The zero-order chi connectivity index (χ0) is 17.6. The summed E-state index contributed by atoms with van der Waals surface area (Å²) in [6.45, 7) is 1.93. The van der Waals surface area contributed by atoms with Crippen molar-refractivity contribution in [3.8, 4) is 0 Å². The first-order chi connectivity index (χ1) is 12.1. The summed E-state index contributed by atoms with van der Waals surface area (Å²) in [6.07, 6.45) is 2.12. The van der Waals surface area contributed by atoms with E-state index in [0.29, 0.717) is 12.1 Å². The molecule has 0 aromatic heterocycles. The minimum atomic E-state index is -0.484. The first kappa shape index (κ1) is 17.0. The number of carbonyl (C=O) groups excluding carboxylic acids is 2. The Bertz CT molecular complexity index is 756. The van der Waals surface area contributed by atoms with Crippen LogP contribution in [0.1, 0.15) is 28.8 Å². The highest BCUT2D eigenvalue weighted by atomic mass is 19.1. The average Bonchev–Trinajstić information content (AvgIpc) is 3.16.